The van der Waals surface area contributed by atoms with E-state index in [0.29, 0.717) is 6.92 Å². The summed E-state index contributed by atoms with van der Waals surface area (Å²) in [6.45, 7) is 0.706. The fourth-order valence-corrected chi connectivity index (χ4v) is 1.29. The van der Waals surface area contributed by atoms with Crippen molar-refractivity contribution in [3.63, 3.8) is 0 Å². The minimum absolute atomic E-state index is 0.502. The van der Waals surface area contributed by atoms with Crippen LogP contribution in [0.5, 0.6) is 5.75 Å². The molecular weight excluding hydrogens is 282 g/mol. The molecule has 0 aliphatic rings. The molecule has 0 aliphatic carbocycles. The molecule has 0 bridgehead atoms. The zero-order valence-electron chi connectivity index (χ0n) is 10.4. The number of hydrogen-bond acceptors (Lipinski definition) is 4. The van der Waals surface area contributed by atoms with Gasteiger partial charge in [0.05, 0.1) is 12.7 Å². The average molecular weight is 291 g/mol. The summed E-state index contributed by atoms with van der Waals surface area (Å²) < 4.78 is 59.9. The zero-order valence-corrected chi connectivity index (χ0v) is 10.4. The van der Waals surface area contributed by atoms with Gasteiger partial charge >= 0.3 is 12.1 Å². The molecule has 0 aromatic heterocycles. The molecule has 0 spiro atoms. The maximum atomic E-state index is 13.8. The van der Waals surface area contributed by atoms with Crippen LogP contribution in [-0.2, 0) is 4.74 Å². The lowest BCUT2D eigenvalue weighted by Gasteiger charge is -2.19. The van der Waals surface area contributed by atoms with Crippen LogP contribution in [0.3, 0.4) is 0 Å². The second-order valence-corrected chi connectivity index (χ2v) is 3.71. The summed E-state index contributed by atoms with van der Waals surface area (Å²) in [7, 11) is 0.928. The molecule has 0 saturated heterocycles. The highest BCUT2D eigenvalue weighted by Crippen LogP contribution is 2.30. The summed E-state index contributed by atoms with van der Waals surface area (Å²) in [5, 5.41) is 8.64. The molecule has 0 N–H and O–H groups in total. The van der Waals surface area contributed by atoms with E-state index in [1.54, 1.807) is 0 Å². The molecule has 20 heavy (non-hydrogen) atoms. The Labute approximate surface area is 111 Å². The van der Waals surface area contributed by atoms with Crippen molar-refractivity contribution in [3.8, 4) is 11.8 Å². The standard InChI is InChI=1S/C12H9F4NO3/c1-6(12(14,15)16)20-8-4-3-7(5-17)10(13)9(8)11(18)19-2/h3-4,6H,1-2H3. The van der Waals surface area contributed by atoms with Gasteiger partial charge in [-0.05, 0) is 19.1 Å². The van der Waals surface area contributed by atoms with Crippen molar-refractivity contribution in [2.24, 2.45) is 0 Å². The minimum Gasteiger partial charge on any atom is -0.480 e. The quantitative estimate of drug-likeness (QED) is 0.634. The molecule has 1 aromatic carbocycles. The van der Waals surface area contributed by atoms with Crippen LogP contribution in [0, 0.1) is 17.1 Å². The lowest BCUT2D eigenvalue weighted by molar-refractivity contribution is -0.189. The summed E-state index contributed by atoms with van der Waals surface area (Å²) in [6.07, 6.45) is -6.93. The van der Waals surface area contributed by atoms with Crippen molar-refractivity contribution in [1.29, 1.82) is 5.26 Å². The first-order valence-electron chi connectivity index (χ1n) is 5.26. The Hall–Kier alpha value is -2.30. The topological polar surface area (TPSA) is 59.3 Å². The largest absolute Gasteiger partial charge is 0.480 e. The van der Waals surface area contributed by atoms with Crippen LogP contribution in [-0.4, -0.2) is 25.4 Å². The number of methoxy groups -OCH3 is 1. The van der Waals surface area contributed by atoms with Crippen LogP contribution in [0.1, 0.15) is 22.8 Å². The van der Waals surface area contributed by atoms with Crippen molar-refractivity contribution in [2.75, 3.05) is 7.11 Å². The van der Waals surface area contributed by atoms with E-state index in [9.17, 15) is 22.4 Å². The maximum Gasteiger partial charge on any atom is 0.425 e. The SMILES string of the molecule is COC(=O)c1c(OC(C)C(F)(F)F)ccc(C#N)c1F. The molecule has 1 unspecified atom stereocenters. The van der Waals surface area contributed by atoms with E-state index < -0.39 is 40.9 Å². The summed E-state index contributed by atoms with van der Waals surface area (Å²) in [4.78, 5) is 11.4. The van der Waals surface area contributed by atoms with Gasteiger partial charge in [-0.1, -0.05) is 0 Å². The first-order valence-corrected chi connectivity index (χ1v) is 5.26. The number of rotatable bonds is 3. The Morgan fingerprint density at radius 3 is 2.45 bits per heavy atom. The van der Waals surface area contributed by atoms with Crippen molar-refractivity contribution >= 4 is 5.97 Å². The highest BCUT2D eigenvalue weighted by atomic mass is 19.4. The normalized spacial score (nSPS) is 12.4. The summed E-state index contributed by atoms with van der Waals surface area (Å²) in [5.41, 5.74) is -1.35. The lowest BCUT2D eigenvalue weighted by atomic mass is 10.1. The molecule has 0 aliphatic heterocycles. The van der Waals surface area contributed by atoms with E-state index in [0.717, 1.165) is 19.2 Å². The molecule has 1 atom stereocenters. The van der Waals surface area contributed by atoms with Gasteiger partial charge in [-0.15, -0.1) is 0 Å². The maximum absolute atomic E-state index is 13.8. The monoisotopic (exact) mass is 291 g/mol. The van der Waals surface area contributed by atoms with E-state index >= 15 is 0 Å². The van der Waals surface area contributed by atoms with Crippen LogP contribution < -0.4 is 4.74 Å². The van der Waals surface area contributed by atoms with E-state index in [1.165, 1.54) is 6.07 Å². The average Bonchev–Trinajstić information content (AvgIpc) is 2.37. The Bertz CT molecular complexity index is 563. The number of carbonyl (C=O) groups excluding carboxylic acids is 1. The molecule has 1 rings (SSSR count). The summed E-state index contributed by atoms with van der Waals surface area (Å²) in [6, 6.07) is 3.29. The van der Waals surface area contributed by atoms with Crippen LogP contribution in [0.15, 0.2) is 12.1 Å². The number of ether oxygens (including phenoxy) is 2. The molecule has 108 valence electrons. The molecule has 0 heterocycles. The highest BCUT2D eigenvalue weighted by Gasteiger charge is 2.39. The van der Waals surface area contributed by atoms with Crippen molar-refractivity contribution in [3.05, 3.63) is 29.1 Å². The van der Waals surface area contributed by atoms with Crippen LogP contribution in [0.4, 0.5) is 17.6 Å². The van der Waals surface area contributed by atoms with Gasteiger partial charge in [-0.3, -0.25) is 0 Å². The van der Waals surface area contributed by atoms with Crippen molar-refractivity contribution in [2.45, 2.75) is 19.2 Å². The number of benzene rings is 1. The molecule has 0 amide bonds. The second kappa shape index (κ2) is 5.77. The van der Waals surface area contributed by atoms with Gasteiger partial charge < -0.3 is 9.47 Å². The smallest absolute Gasteiger partial charge is 0.425 e. The number of esters is 1. The van der Waals surface area contributed by atoms with Crippen LogP contribution in [0.2, 0.25) is 0 Å². The van der Waals surface area contributed by atoms with E-state index in [2.05, 4.69) is 9.47 Å². The van der Waals surface area contributed by atoms with Crippen LogP contribution in [0.25, 0.3) is 0 Å². The van der Waals surface area contributed by atoms with E-state index in [4.69, 9.17) is 5.26 Å². The Balaban J connectivity index is 3.30. The molecule has 0 saturated carbocycles. The van der Waals surface area contributed by atoms with Gasteiger partial charge in [-0.25, -0.2) is 9.18 Å². The molecule has 0 fully saturated rings. The predicted molar refractivity (Wildman–Crippen MR) is 58.6 cm³/mol. The number of carbonyl (C=O) groups is 1. The third-order valence-corrected chi connectivity index (χ3v) is 2.38. The molecule has 0 radical (unpaired) electrons. The summed E-state index contributed by atoms with van der Waals surface area (Å²) >= 11 is 0. The van der Waals surface area contributed by atoms with Gasteiger partial charge in [0.25, 0.3) is 0 Å². The third-order valence-electron chi connectivity index (χ3n) is 2.38. The number of nitriles is 1. The molecular formula is C12H9F4NO3. The molecule has 4 nitrogen and oxygen atoms in total. The van der Waals surface area contributed by atoms with Gasteiger partial charge in [-0.2, -0.15) is 18.4 Å². The Morgan fingerprint density at radius 1 is 1.40 bits per heavy atom. The van der Waals surface area contributed by atoms with Crippen molar-refractivity contribution < 1.29 is 31.8 Å². The second-order valence-electron chi connectivity index (χ2n) is 3.71. The fraction of sp³-hybridized carbons (Fsp3) is 0.333. The van der Waals surface area contributed by atoms with E-state index in [-0.39, 0.29) is 0 Å². The van der Waals surface area contributed by atoms with Crippen molar-refractivity contribution in [1.82, 2.24) is 0 Å². The fourth-order valence-electron chi connectivity index (χ4n) is 1.29. The molecule has 1 aromatic rings. The predicted octanol–water partition coefficient (Wildman–Crippen LogP) is 2.81. The molecule has 8 heteroatoms. The first kappa shape index (κ1) is 15.8. The van der Waals surface area contributed by atoms with Crippen LogP contribution >= 0.6 is 0 Å². The van der Waals surface area contributed by atoms with E-state index in [1.807, 2.05) is 0 Å². The Kier molecular flexibility index (Phi) is 4.55. The lowest BCUT2D eigenvalue weighted by Crippen LogP contribution is -2.31. The third kappa shape index (κ3) is 3.17. The number of halogens is 4. The number of hydrogen-bond donors (Lipinski definition) is 0. The highest BCUT2D eigenvalue weighted by molar-refractivity contribution is 5.93. The Morgan fingerprint density at radius 2 is 2.00 bits per heavy atom. The van der Waals surface area contributed by atoms with Gasteiger partial charge in [0, 0.05) is 0 Å². The minimum atomic E-state index is -4.68. The number of nitrogens with zero attached hydrogens (tertiary/aromatic N) is 1. The van der Waals surface area contributed by atoms with Gasteiger partial charge in [0.15, 0.2) is 11.9 Å². The van der Waals surface area contributed by atoms with Gasteiger partial charge in [0.2, 0.25) is 0 Å². The first-order chi connectivity index (χ1) is 9.22. The summed E-state index contributed by atoms with van der Waals surface area (Å²) in [5.74, 6) is -3.16. The zero-order chi connectivity index (χ0) is 15.5. The number of alkyl halides is 3. The van der Waals surface area contributed by atoms with Gasteiger partial charge in [0.1, 0.15) is 17.4 Å².